The van der Waals surface area contributed by atoms with Crippen molar-refractivity contribution in [3.05, 3.63) is 27.2 Å². The number of amides is 1. The van der Waals surface area contributed by atoms with Crippen molar-refractivity contribution in [2.75, 3.05) is 5.32 Å². The molecular weight excluding hydrogens is 262 g/mol. The number of aromatic carboxylic acids is 1. The van der Waals surface area contributed by atoms with E-state index >= 15 is 0 Å². The first-order valence-corrected chi connectivity index (χ1v) is 5.01. The predicted molar refractivity (Wildman–Crippen MR) is 60.3 cm³/mol. The van der Waals surface area contributed by atoms with Crippen LogP contribution in [0.15, 0.2) is 10.5 Å². The van der Waals surface area contributed by atoms with Gasteiger partial charge in [-0.05, 0) is 40.9 Å². The Hall–Kier alpha value is -1.36. The largest absolute Gasteiger partial charge is 0.478 e. The van der Waals surface area contributed by atoms with E-state index in [0.29, 0.717) is 16.6 Å². The lowest BCUT2D eigenvalue weighted by atomic mass is 10.0. The smallest absolute Gasteiger partial charge is 0.338 e. The molecule has 4 nitrogen and oxygen atoms in total. The number of rotatable bonds is 3. The molecule has 0 heterocycles. The van der Waals surface area contributed by atoms with Crippen molar-refractivity contribution in [1.29, 1.82) is 0 Å². The van der Waals surface area contributed by atoms with E-state index in [9.17, 15) is 9.59 Å². The van der Waals surface area contributed by atoms with Gasteiger partial charge in [-0.2, -0.15) is 0 Å². The van der Waals surface area contributed by atoms with Gasteiger partial charge in [-0.3, -0.25) is 4.79 Å². The van der Waals surface area contributed by atoms with Crippen LogP contribution in [-0.4, -0.2) is 17.5 Å². The number of nitrogens with one attached hydrogen (secondary N) is 1. The summed E-state index contributed by atoms with van der Waals surface area (Å²) in [6.45, 7) is 3.55. The normalized spacial score (nSPS) is 9.80. The van der Waals surface area contributed by atoms with Gasteiger partial charge in [0.1, 0.15) is 0 Å². The molecule has 0 fully saturated rings. The third kappa shape index (κ3) is 2.18. The van der Waals surface area contributed by atoms with E-state index in [1.165, 1.54) is 0 Å². The highest BCUT2D eigenvalue weighted by Crippen LogP contribution is 2.31. The fourth-order valence-corrected chi connectivity index (χ4v) is 1.89. The monoisotopic (exact) mass is 271 g/mol. The molecule has 1 aromatic carbocycles. The lowest BCUT2D eigenvalue weighted by molar-refractivity contribution is -0.105. The summed E-state index contributed by atoms with van der Waals surface area (Å²) in [5.74, 6) is -1.07. The molecule has 0 spiro atoms. The standard InChI is InChI=1S/C10H10BrNO3/c1-5-3-6(2)9(12-4-13)7(8(5)11)10(14)15/h3-4H,1-2H3,(H,12,13)(H,14,15). The highest BCUT2D eigenvalue weighted by molar-refractivity contribution is 9.10. The van der Waals surface area contributed by atoms with Crippen LogP contribution in [0.3, 0.4) is 0 Å². The molecule has 80 valence electrons. The Bertz CT molecular complexity index is 429. The second kappa shape index (κ2) is 4.44. The molecule has 0 aliphatic heterocycles. The topological polar surface area (TPSA) is 66.4 Å². The quantitative estimate of drug-likeness (QED) is 0.830. The summed E-state index contributed by atoms with van der Waals surface area (Å²) in [5.41, 5.74) is 1.95. The Kier molecular flexibility index (Phi) is 3.47. The van der Waals surface area contributed by atoms with Gasteiger partial charge in [0.2, 0.25) is 6.41 Å². The van der Waals surface area contributed by atoms with Crippen LogP contribution >= 0.6 is 15.9 Å². The minimum absolute atomic E-state index is 0.0830. The molecule has 0 atom stereocenters. The van der Waals surface area contributed by atoms with E-state index in [1.54, 1.807) is 13.8 Å². The van der Waals surface area contributed by atoms with Crippen LogP contribution in [0.5, 0.6) is 0 Å². The summed E-state index contributed by atoms with van der Waals surface area (Å²) < 4.78 is 0.491. The SMILES string of the molecule is Cc1cc(C)c(NC=O)c(C(=O)O)c1Br. The van der Waals surface area contributed by atoms with Gasteiger partial charge in [0.05, 0.1) is 11.3 Å². The first kappa shape index (κ1) is 11.7. The maximum absolute atomic E-state index is 11.0. The lowest BCUT2D eigenvalue weighted by Gasteiger charge is -2.12. The molecule has 1 rings (SSSR count). The van der Waals surface area contributed by atoms with Crippen molar-refractivity contribution in [3.8, 4) is 0 Å². The fourth-order valence-electron chi connectivity index (χ4n) is 1.41. The molecule has 0 unspecified atom stereocenters. The Morgan fingerprint density at radius 2 is 2.07 bits per heavy atom. The van der Waals surface area contributed by atoms with E-state index in [0.717, 1.165) is 11.1 Å². The van der Waals surface area contributed by atoms with E-state index in [-0.39, 0.29) is 5.56 Å². The molecule has 0 bridgehead atoms. The number of anilines is 1. The van der Waals surface area contributed by atoms with E-state index in [2.05, 4.69) is 21.2 Å². The van der Waals surface area contributed by atoms with E-state index in [4.69, 9.17) is 5.11 Å². The molecule has 1 aromatic rings. The summed E-state index contributed by atoms with van der Waals surface area (Å²) in [6.07, 6.45) is 0.469. The minimum Gasteiger partial charge on any atom is -0.478 e. The highest BCUT2D eigenvalue weighted by atomic mass is 79.9. The van der Waals surface area contributed by atoms with E-state index < -0.39 is 5.97 Å². The van der Waals surface area contributed by atoms with Crippen LogP contribution in [0.4, 0.5) is 5.69 Å². The summed E-state index contributed by atoms with van der Waals surface area (Å²) in [5, 5.41) is 11.4. The number of hydrogen-bond acceptors (Lipinski definition) is 2. The zero-order chi connectivity index (χ0) is 11.6. The van der Waals surface area contributed by atoms with Crippen molar-refractivity contribution in [2.24, 2.45) is 0 Å². The lowest BCUT2D eigenvalue weighted by Crippen LogP contribution is -2.08. The van der Waals surface area contributed by atoms with Gasteiger partial charge in [0, 0.05) is 4.47 Å². The molecule has 0 radical (unpaired) electrons. The number of carboxylic acids is 1. The number of hydrogen-bond donors (Lipinski definition) is 2. The van der Waals surface area contributed by atoms with Crippen molar-refractivity contribution < 1.29 is 14.7 Å². The van der Waals surface area contributed by atoms with Crippen LogP contribution in [0, 0.1) is 13.8 Å². The highest BCUT2D eigenvalue weighted by Gasteiger charge is 2.18. The Labute approximate surface area is 95.4 Å². The average molecular weight is 272 g/mol. The number of halogens is 1. The molecule has 0 saturated heterocycles. The molecule has 15 heavy (non-hydrogen) atoms. The second-order valence-corrected chi connectivity index (χ2v) is 3.93. The molecule has 0 aromatic heterocycles. The molecular formula is C10H10BrNO3. The van der Waals surface area contributed by atoms with Crippen molar-refractivity contribution >= 4 is 34.0 Å². The molecule has 1 amide bonds. The van der Waals surface area contributed by atoms with Gasteiger partial charge in [-0.15, -0.1) is 0 Å². The summed E-state index contributed by atoms with van der Waals surface area (Å²) in [7, 11) is 0. The first-order chi connectivity index (χ1) is 6.99. The number of benzene rings is 1. The predicted octanol–water partition coefficient (Wildman–Crippen LogP) is 2.33. The van der Waals surface area contributed by atoms with E-state index in [1.807, 2.05) is 6.07 Å². The molecule has 0 aliphatic rings. The number of carbonyl (C=O) groups excluding carboxylic acids is 1. The zero-order valence-electron chi connectivity index (χ0n) is 8.30. The van der Waals surface area contributed by atoms with Gasteiger partial charge >= 0.3 is 5.97 Å². The van der Waals surface area contributed by atoms with Crippen LogP contribution in [0.1, 0.15) is 21.5 Å². The zero-order valence-corrected chi connectivity index (χ0v) is 9.88. The van der Waals surface area contributed by atoms with Crippen molar-refractivity contribution in [3.63, 3.8) is 0 Å². The number of aryl methyl sites for hydroxylation is 2. The third-order valence-electron chi connectivity index (χ3n) is 2.06. The van der Waals surface area contributed by atoms with Gasteiger partial charge < -0.3 is 10.4 Å². The van der Waals surface area contributed by atoms with Gasteiger partial charge in [-0.25, -0.2) is 4.79 Å². The van der Waals surface area contributed by atoms with Crippen LogP contribution < -0.4 is 5.32 Å². The van der Waals surface area contributed by atoms with Crippen molar-refractivity contribution in [2.45, 2.75) is 13.8 Å². The van der Waals surface area contributed by atoms with Crippen molar-refractivity contribution in [1.82, 2.24) is 0 Å². The third-order valence-corrected chi connectivity index (χ3v) is 3.08. The summed E-state index contributed by atoms with van der Waals surface area (Å²) in [4.78, 5) is 21.4. The maximum atomic E-state index is 11.0. The van der Waals surface area contributed by atoms with Gasteiger partial charge in [-0.1, -0.05) is 6.07 Å². The Morgan fingerprint density at radius 1 is 1.47 bits per heavy atom. The number of carbonyl (C=O) groups is 2. The molecule has 2 N–H and O–H groups in total. The first-order valence-electron chi connectivity index (χ1n) is 4.22. The summed E-state index contributed by atoms with van der Waals surface area (Å²) in [6, 6.07) is 1.81. The van der Waals surface area contributed by atoms with Crippen LogP contribution in [-0.2, 0) is 4.79 Å². The number of carboxylic acid groups (broad SMARTS) is 1. The average Bonchev–Trinajstić information content (AvgIpc) is 2.14. The summed E-state index contributed by atoms with van der Waals surface area (Å²) >= 11 is 3.20. The van der Waals surface area contributed by atoms with Gasteiger partial charge in [0.25, 0.3) is 0 Å². The molecule has 0 saturated carbocycles. The fraction of sp³-hybridized carbons (Fsp3) is 0.200. The molecule has 0 aliphatic carbocycles. The molecule has 5 heteroatoms. The van der Waals surface area contributed by atoms with Crippen LogP contribution in [0.2, 0.25) is 0 Å². The van der Waals surface area contributed by atoms with Crippen LogP contribution in [0.25, 0.3) is 0 Å². The maximum Gasteiger partial charge on any atom is 0.338 e. The Balaban J connectivity index is 3.53. The Morgan fingerprint density at radius 3 is 2.53 bits per heavy atom. The van der Waals surface area contributed by atoms with Gasteiger partial charge in [0.15, 0.2) is 0 Å². The minimum atomic E-state index is -1.07. The second-order valence-electron chi connectivity index (χ2n) is 3.14.